The van der Waals surface area contributed by atoms with Crippen molar-refractivity contribution in [2.24, 2.45) is 0 Å². The Labute approximate surface area is 221 Å². The summed E-state index contributed by atoms with van der Waals surface area (Å²) in [5.74, 6) is -0.0289. The first-order chi connectivity index (χ1) is 18.4. The van der Waals surface area contributed by atoms with Gasteiger partial charge in [-0.2, -0.15) is 0 Å². The van der Waals surface area contributed by atoms with Gasteiger partial charge in [-0.1, -0.05) is 18.7 Å². The second kappa shape index (κ2) is 11.7. The predicted molar refractivity (Wildman–Crippen MR) is 142 cm³/mol. The molecule has 2 saturated heterocycles. The molecule has 2 aliphatic rings. The van der Waals surface area contributed by atoms with Gasteiger partial charge < -0.3 is 15.0 Å². The number of carbonyl (C=O) groups is 1. The van der Waals surface area contributed by atoms with Crippen molar-refractivity contribution >= 4 is 11.6 Å². The molecule has 0 spiro atoms. The third-order valence-corrected chi connectivity index (χ3v) is 7.21. The summed E-state index contributed by atoms with van der Waals surface area (Å²) < 4.78 is 32.2. The van der Waals surface area contributed by atoms with E-state index in [4.69, 9.17) is 4.74 Å². The van der Waals surface area contributed by atoms with E-state index in [1.165, 1.54) is 24.3 Å². The van der Waals surface area contributed by atoms with Gasteiger partial charge in [-0.15, -0.1) is 0 Å². The van der Waals surface area contributed by atoms with Crippen LogP contribution in [0.15, 0.2) is 73.4 Å². The zero-order chi connectivity index (χ0) is 26.5. The lowest BCUT2D eigenvalue weighted by atomic mass is 10.0. The fourth-order valence-corrected chi connectivity index (χ4v) is 5.00. The standard InChI is InChI=1S/C30H32F2N4O2/c1-21(36-17-14-28(20-36)38-27-9-7-25(32)8-10-27)23-4-11-29(33-18-23)30(37)34-26-12-15-35(16-13-26)19-22-2-5-24(31)6-3-22/h2-11,18,26,28H,1,12-17,19-20H2,(H,34,37). The fourth-order valence-electron chi connectivity index (χ4n) is 5.00. The van der Waals surface area contributed by atoms with Crippen LogP contribution >= 0.6 is 0 Å². The van der Waals surface area contributed by atoms with Gasteiger partial charge in [0.15, 0.2) is 0 Å². The number of hydrogen-bond donors (Lipinski definition) is 1. The molecule has 2 aromatic carbocycles. The molecule has 8 heteroatoms. The van der Waals surface area contributed by atoms with E-state index >= 15 is 0 Å². The van der Waals surface area contributed by atoms with Crippen molar-refractivity contribution in [1.29, 1.82) is 0 Å². The summed E-state index contributed by atoms with van der Waals surface area (Å²) >= 11 is 0. The van der Waals surface area contributed by atoms with E-state index in [2.05, 4.69) is 26.7 Å². The lowest BCUT2D eigenvalue weighted by Crippen LogP contribution is -2.44. The molecule has 198 valence electrons. The number of likely N-dealkylation sites (tertiary alicyclic amines) is 2. The van der Waals surface area contributed by atoms with Crippen molar-refractivity contribution in [2.45, 2.75) is 38.0 Å². The molecule has 1 atom stereocenters. The van der Waals surface area contributed by atoms with E-state index in [0.29, 0.717) is 18.0 Å². The third kappa shape index (κ3) is 6.55. The normalized spacial score (nSPS) is 18.4. The second-order valence-electron chi connectivity index (χ2n) is 9.96. The molecule has 1 N–H and O–H groups in total. The van der Waals surface area contributed by atoms with E-state index in [1.54, 1.807) is 24.4 Å². The molecule has 2 fully saturated rings. The predicted octanol–water partition coefficient (Wildman–Crippen LogP) is 4.88. The van der Waals surface area contributed by atoms with E-state index < -0.39 is 0 Å². The van der Waals surface area contributed by atoms with Crippen LogP contribution in [0.4, 0.5) is 8.78 Å². The average molecular weight is 519 g/mol. The fraction of sp³-hybridized carbons (Fsp3) is 0.333. The van der Waals surface area contributed by atoms with E-state index in [-0.39, 0.29) is 29.7 Å². The van der Waals surface area contributed by atoms with Crippen LogP contribution in [-0.2, 0) is 6.54 Å². The molecule has 0 bridgehead atoms. The molecule has 0 radical (unpaired) electrons. The first kappa shape index (κ1) is 25.9. The van der Waals surface area contributed by atoms with Crippen LogP contribution in [0, 0.1) is 11.6 Å². The number of nitrogens with one attached hydrogen (secondary N) is 1. The van der Waals surface area contributed by atoms with Gasteiger partial charge in [0.05, 0.1) is 6.54 Å². The van der Waals surface area contributed by atoms with E-state index in [0.717, 1.165) is 62.3 Å². The Kier molecular flexibility index (Phi) is 7.98. The van der Waals surface area contributed by atoms with Crippen molar-refractivity contribution in [1.82, 2.24) is 20.1 Å². The van der Waals surface area contributed by atoms with Gasteiger partial charge in [-0.05, 0) is 66.9 Å². The molecular weight excluding hydrogens is 486 g/mol. The molecule has 3 aromatic rings. The maximum Gasteiger partial charge on any atom is 0.270 e. The second-order valence-corrected chi connectivity index (χ2v) is 9.96. The zero-order valence-corrected chi connectivity index (χ0v) is 21.3. The smallest absolute Gasteiger partial charge is 0.270 e. The van der Waals surface area contributed by atoms with Crippen molar-refractivity contribution in [2.75, 3.05) is 26.2 Å². The highest BCUT2D eigenvalue weighted by atomic mass is 19.1. The van der Waals surface area contributed by atoms with Crippen LogP contribution in [0.5, 0.6) is 5.75 Å². The highest BCUT2D eigenvalue weighted by Crippen LogP contribution is 2.25. The molecule has 1 amide bonds. The molecule has 1 unspecified atom stereocenters. The number of ether oxygens (including phenoxy) is 1. The zero-order valence-electron chi connectivity index (χ0n) is 21.3. The molecule has 2 aliphatic heterocycles. The monoisotopic (exact) mass is 518 g/mol. The van der Waals surface area contributed by atoms with E-state index in [9.17, 15) is 13.6 Å². The van der Waals surface area contributed by atoms with Crippen LogP contribution in [0.2, 0.25) is 0 Å². The van der Waals surface area contributed by atoms with Crippen molar-refractivity contribution in [3.05, 3.63) is 102 Å². The van der Waals surface area contributed by atoms with Crippen LogP contribution in [-0.4, -0.2) is 59.0 Å². The maximum atomic E-state index is 13.1. The number of carbonyl (C=O) groups excluding carboxylic acids is 1. The molecule has 5 rings (SSSR count). The van der Waals surface area contributed by atoms with Gasteiger partial charge in [0.25, 0.3) is 5.91 Å². The first-order valence-corrected chi connectivity index (χ1v) is 13.0. The largest absolute Gasteiger partial charge is 0.489 e. The van der Waals surface area contributed by atoms with Crippen LogP contribution < -0.4 is 10.1 Å². The Morgan fingerprint density at radius 3 is 2.29 bits per heavy atom. The number of nitrogens with zero attached hydrogens (tertiary/aromatic N) is 3. The Bertz CT molecular complexity index is 1240. The van der Waals surface area contributed by atoms with Gasteiger partial charge in [-0.25, -0.2) is 8.78 Å². The summed E-state index contributed by atoms with van der Waals surface area (Å²) in [6.07, 6.45) is 4.25. The van der Waals surface area contributed by atoms with Gasteiger partial charge in [0, 0.05) is 56.1 Å². The van der Waals surface area contributed by atoms with Crippen LogP contribution in [0.1, 0.15) is 40.9 Å². The minimum absolute atomic E-state index is 0.00247. The Balaban J connectivity index is 1.07. The van der Waals surface area contributed by atoms with Crippen LogP contribution in [0.3, 0.4) is 0 Å². The van der Waals surface area contributed by atoms with Gasteiger partial charge in [0.2, 0.25) is 0 Å². The molecular formula is C30H32F2N4O2. The molecule has 0 saturated carbocycles. The lowest BCUT2D eigenvalue weighted by Gasteiger charge is -2.32. The highest BCUT2D eigenvalue weighted by Gasteiger charge is 2.26. The van der Waals surface area contributed by atoms with Gasteiger partial charge in [0.1, 0.15) is 29.2 Å². The summed E-state index contributed by atoms with van der Waals surface area (Å²) in [5.41, 5.74) is 3.17. The first-order valence-electron chi connectivity index (χ1n) is 13.0. The number of halogens is 2. The minimum Gasteiger partial charge on any atom is -0.489 e. The lowest BCUT2D eigenvalue weighted by molar-refractivity contribution is 0.0904. The highest BCUT2D eigenvalue weighted by molar-refractivity contribution is 5.92. The van der Waals surface area contributed by atoms with E-state index in [1.807, 2.05) is 18.2 Å². The number of aromatic nitrogens is 1. The van der Waals surface area contributed by atoms with Crippen molar-refractivity contribution in [3.8, 4) is 5.75 Å². The number of benzene rings is 2. The topological polar surface area (TPSA) is 57.7 Å². The minimum atomic E-state index is -0.285. The molecule has 3 heterocycles. The summed E-state index contributed by atoms with van der Waals surface area (Å²) in [4.78, 5) is 21.7. The molecule has 38 heavy (non-hydrogen) atoms. The summed E-state index contributed by atoms with van der Waals surface area (Å²) in [5, 5.41) is 3.11. The van der Waals surface area contributed by atoms with Crippen LogP contribution in [0.25, 0.3) is 5.70 Å². The number of rotatable bonds is 8. The quantitative estimate of drug-likeness (QED) is 0.461. The average Bonchev–Trinajstić information content (AvgIpc) is 3.40. The third-order valence-electron chi connectivity index (χ3n) is 7.21. The number of amides is 1. The summed E-state index contributed by atoms with van der Waals surface area (Å²) in [6, 6.07) is 16.4. The maximum absolute atomic E-state index is 13.1. The molecule has 1 aromatic heterocycles. The Morgan fingerprint density at radius 1 is 0.947 bits per heavy atom. The van der Waals surface area contributed by atoms with Gasteiger partial charge in [-0.3, -0.25) is 14.7 Å². The Hall–Kier alpha value is -3.78. The molecule has 6 nitrogen and oxygen atoms in total. The number of pyridine rings is 1. The van der Waals surface area contributed by atoms with Crippen molar-refractivity contribution in [3.63, 3.8) is 0 Å². The summed E-state index contributed by atoms with van der Waals surface area (Å²) in [7, 11) is 0. The molecule has 0 aliphatic carbocycles. The van der Waals surface area contributed by atoms with Crippen molar-refractivity contribution < 1.29 is 18.3 Å². The number of hydrogen-bond acceptors (Lipinski definition) is 5. The number of piperidine rings is 1. The summed E-state index contributed by atoms with van der Waals surface area (Å²) in [6.45, 7) is 8.23. The van der Waals surface area contributed by atoms with Gasteiger partial charge >= 0.3 is 0 Å². The SMILES string of the molecule is C=C(c1ccc(C(=O)NC2CCN(Cc3ccc(F)cc3)CC2)nc1)N1CCC(Oc2ccc(F)cc2)C1. The Morgan fingerprint density at radius 2 is 1.63 bits per heavy atom.